The van der Waals surface area contributed by atoms with E-state index in [1.165, 1.54) is 0 Å². The summed E-state index contributed by atoms with van der Waals surface area (Å²) in [4.78, 5) is 24.9. The van der Waals surface area contributed by atoms with Crippen molar-refractivity contribution in [2.75, 3.05) is 32.7 Å². The fourth-order valence-corrected chi connectivity index (χ4v) is 3.40. The normalized spacial score (nSPS) is 16.3. The molecule has 2 N–H and O–H groups in total. The number of piperazine rings is 1. The van der Waals surface area contributed by atoms with Gasteiger partial charge in [0.25, 0.3) is 0 Å². The second-order valence-electron chi connectivity index (χ2n) is 7.78. The van der Waals surface area contributed by atoms with Crippen LogP contribution in [0.5, 0.6) is 0 Å². The molecular weight excluding hydrogens is 350 g/mol. The summed E-state index contributed by atoms with van der Waals surface area (Å²) in [5.41, 5.74) is 6.71. The molecule has 1 aromatic heterocycles. The van der Waals surface area contributed by atoms with Gasteiger partial charge >= 0.3 is 6.09 Å². The maximum atomic E-state index is 12.1. The molecule has 0 bridgehead atoms. The third kappa shape index (κ3) is 6.16. The zero-order chi connectivity index (χ0) is 19.3. The fraction of sp³-hybridized carbons (Fsp3) is 0.722. The first-order valence-corrected chi connectivity index (χ1v) is 10.0. The molecular formula is C18H31N5O2S. The zero-order valence-corrected chi connectivity index (χ0v) is 17.3. The number of aromatic nitrogens is 1. The van der Waals surface area contributed by atoms with Crippen molar-refractivity contribution in [3.63, 3.8) is 0 Å². The topological polar surface area (TPSA) is 84.0 Å². The molecule has 2 heterocycles. The molecule has 1 amide bonds. The Bertz CT molecular complexity index is 628. The number of nitrogens with two attached hydrogens (primary N) is 1. The predicted molar refractivity (Wildman–Crippen MR) is 106 cm³/mol. The molecule has 1 aliphatic rings. The molecule has 2 rings (SSSR count). The molecule has 1 saturated heterocycles. The Morgan fingerprint density at radius 2 is 1.92 bits per heavy atom. The molecule has 1 aromatic rings. The Morgan fingerprint density at radius 3 is 2.46 bits per heavy atom. The number of amides is 1. The largest absolute Gasteiger partial charge is 0.444 e. The van der Waals surface area contributed by atoms with Crippen LogP contribution in [0, 0.1) is 0 Å². The van der Waals surface area contributed by atoms with Gasteiger partial charge in [-0.3, -0.25) is 4.99 Å². The lowest BCUT2D eigenvalue weighted by atomic mass is 10.2. The number of aliphatic imine (C=N–C) groups is 1. The predicted octanol–water partition coefficient (Wildman–Crippen LogP) is 2.68. The van der Waals surface area contributed by atoms with Crippen molar-refractivity contribution < 1.29 is 9.53 Å². The molecule has 146 valence electrons. The van der Waals surface area contributed by atoms with E-state index in [2.05, 4.69) is 29.2 Å². The van der Waals surface area contributed by atoms with Gasteiger partial charge in [0.05, 0.1) is 10.7 Å². The van der Waals surface area contributed by atoms with Gasteiger partial charge < -0.3 is 20.3 Å². The summed E-state index contributed by atoms with van der Waals surface area (Å²) in [7, 11) is 0. The minimum Gasteiger partial charge on any atom is -0.444 e. The molecule has 1 fully saturated rings. The number of thiazole rings is 1. The van der Waals surface area contributed by atoms with Gasteiger partial charge in [-0.15, -0.1) is 11.3 Å². The standard InChI is InChI=1S/C18H31N5O2S/c1-13(2)15-21-14(12-26-15)6-7-20-16(19)22-8-10-23(11-9-22)17(24)25-18(3,4)5/h12-13H,6-11H2,1-5H3,(H2,19,20). The molecule has 0 unspecified atom stereocenters. The zero-order valence-electron chi connectivity index (χ0n) is 16.5. The molecule has 7 nitrogen and oxygen atoms in total. The highest BCUT2D eigenvalue weighted by Gasteiger charge is 2.26. The first kappa shape index (κ1) is 20.5. The average molecular weight is 382 g/mol. The van der Waals surface area contributed by atoms with Crippen molar-refractivity contribution in [2.24, 2.45) is 10.7 Å². The SMILES string of the molecule is CC(C)c1nc(CCN=C(N)N2CCN(C(=O)OC(C)(C)C)CC2)cs1. The number of nitrogens with zero attached hydrogens (tertiary/aromatic N) is 4. The van der Waals surface area contributed by atoms with Gasteiger partial charge in [-0.1, -0.05) is 13.8 Å². The lowest BCUT2D eigenvalue weighted by Crippen LogP contribution is -2.53. The van der Waals surface area contributed by atoms with Crippen LogP contribution in [0.25, 0.3) is 0 Å². The van der Waals surface area contributed by atoms with E-state index in [4.69, 9.17) is 10.5 Å². The van der Waals surface area contributed by atoms with Crippen molar-refractivity contribution in [2.45, 2.75) is 52.6 Å². The highest BCUT2D eigenvalue weighted by Crippen LogP contribution is 2.19. The number of rotatable bonds is 4. The minimum atomic E-state index is -0.472. The van der Waals surface area contributed by atoms with Gasteiger partial charge in [0.1, 0.15) is 5.60 Å². The minimum absolute atomic E-state index is 0.267. The van der Waals surface area contributed by atoms with E-state index < -0.39 is 5.60 Å². The van der Waals surface area contributed by atoms with Crippen LogP contribution in [0.4, 0.5) is 4.79 Å². The Hall–Kier alpha value is -1.83. The monoisotopic (exact) mass is 381 g/mol. The van der Waals surface area contributed by atoms with Crippen LogP contribution in [0.1, 0.15) is 51.2 Å². The number of hydrogen-bond acceptors (Lipinski definition) is 5. The molecule has 0 spiro atoms. The summed E-state index contributed by atoms with van der Waals surface area (Å²) < 4.78 is 5.41. The number of carbonyl (C=O) groups is 1. The number of hydrogen-bond donors (Lipinski definition) is 1. The Morgan fingerprint density at radius 1 is 1.31 bits per heavy atom. The first-order chi connectivity index (χ1) is 12.2. The number of carbonyl (C=O) groups excluding carboxylic acids is 1. The van der Waals surface area contributed by atoms with E-state index in [0.717, 1.165) is 17.1 Å². The third-order valence-electron chi connectivity index (χ3n) is 3.96. The maximum absolute atomic E-state index is 12.1. The molecule has 8 heteroatoms. The van der Waals surface area contributed by atoms with Crippen LogP contribution in [-0.2, 0) is 11.2 Å². The van der Waals surface area contributed by atoms with Crippen LogP contribution in [0.15, 0.2) is 10.4 Å². The number of guanidine groups is 1. The van der Waals surface area contributed by atoms with Crippen molar-refractivity contribution in [3.05, 3.63) is 16.1 Å². The average Bonchev–Trinajstić information content (AvgIpc) is 3.02. The van der Waals surface area contributed by atoms with E-state index in [0.29, 0.717) is 44.6 Å². The molecule has 0 aromatic carbocycles. The van der Waals surface area contributed by atoms with Crippen molar-refractivity contribution in [1.82, 2.24) is 14.8 Å². The van der Waals surface area contributed by atoms with Crippen LogP contribution < -0.4 is 5.73 Å². The second-order valence-corrected chi connectivity index (χ2v) is 8.67. The van der Waals surface area contributed by atoms with Crippen LogP contribution in [0.2, 0.25) is 0 Å². The van der Waals surface area contributed by atoms with E-state index >= 15 is 0 Å². The lowest BCUT2D eigenvalue weighted by molar-refractivity contribution is 0.0186. The Labute approximate surface area is 160 Å². The Kier molecular flexibility index (Phi) is 6.86. The van der Waals surface area contributed by atoms with Gasteiger partial charge in [0.15, 0.2) is 5.96 Å². The van der Waals surface area contributed by atoms with E-state index in [-0.39, 0.29) is 6.09 Å². The summed E-state index contributed by atoms with van der Waals surface area (Å²) in [5, 5.41) is 3.26. The molecule has 26 heavy (non-hydrogen) atoms. The quantitative estimate of drug-likeness (QED) is 0.640. The van der Waals surface area contributed by atoms with Gasteiger partial charge in [0, 0.05) is 50.4 Å². The molecule has 0 aliphatic carbocycles. The van der Waals surface area contributed by atoms with Gasteiger partial charge in [-0.05, 0) is 20.8 Å². The molecule has 0 atom stereocenters. The lowest BCUT2D eigenvalue weighted by Gasteiger charge is -2.36. The summed E-state index contributed by atoms with van der Waals surface area (Å²) >= 11 is 1.70. The highest BCUT2D eigenvalue weighted by molar-refractivity contribution is 7.09. The van der Waals surface area contributed by atoms with Crippen molar-refractivity contribution >= 4 is 23.4 Å². The molecule has 1 aliphatic heterocycles. The van der Waals surface area contributed by atoms with Crippen LogP contribution in [0.3, 0.4) is 0 Å². The number of ether oxygens (including phenoxy) is 1. The van der Waals surface area contributed by atoms with E-state index in [1.54, 1.807) is 16.2 Å². The summed E-state index contributed by atoms with van der Waals surface area (Å²) in [5.74, 6) is 0.997. The maximum Gasteiger partial charge on any atom is 0.410 e. The van der Waals surface area contributed by atoms with Crippen LogP contribution >= 0.6 is 11.3 Å². The van der Waals surface area contributed by atoms with E-state index in [9.17, 15) is 4.79 Å². The van der Waals surface area contributed by atoms with Gasteiger partial charge in [-0.25, -0.2) is 9.78 Å². The highest BCUT2D eigenvalue weighted by atomic mass is 32.1. The van der Waals surface area contributed by atoms with E-state index in [1.807, 2.05) is 25.7 Å². The smallest absolute Gasteiger partial charge is 0.410 e. The van der Waals surface area contributed by atoms with Crippen LogP contribution in [-0.4, -0.2) is 65.2 Å². The summed E-state index contributed by atoms with van der Waals surface area (Å²) in [6, 6.07) is 0. The third-order valence-corrected chi connectivity index (χ3v) is 5.15. The van der Waals surface area contributed by atoms with Gasteiger partial charge in [0.2, 0.25) is 0 Å². The van der Waals surface area contributed by atoms with Crippen molar-refractivity contribution in [3.8, 4) is 0 Å². The van der Waals surface area contributed by atoms with Gasteiger partial charge in [-0.2, -0.15) is 0 Å². The summed E-state index contributed by atoms with van der Waals surface area (Å²) in [6.07, 6.45) is 0.527. The second kappa shape index (κ2) is 8.70. The first-order valence-electron chi connectivity index (χ1n) is 9.13. The Balaban J connectivity index is 1.77. The fourth-order valence-electron chi connectivity index (χ4n) is 2.53. The van der Waals surface area contributed by atoms with Crippen molar-refractivity contribution in [1.29, 1.82) is 0 Å². The summed E-state index contributed by atoms with van der Waals surface area (Å²) in [6.45, 7) is 13.1. The molecule has 0 radical (unpaired) electrons. The molecule has 0 saturated carbocycles.